The largest absolute Gasteiger partial charge is 0.445 e. The smallest absolute Gasteiger partial charge is 0.408 e. The van der Waals surface area contributed by atoms with Crippen molar-refractivity contribution in [2.45, 2.75) is 70.4 Å². The van der Waals surface area contributed by atoms with Gasteiger partial charge in [-0.15, -0.1) is 0 Å². The van der Waals surface area contributed by atoms with Gasteiger partial charge in [0.25, 0.3) is 0 Å². The van der Waals surface area contributed by atoms with Crippen LogP contribution in [-0.4, -0.2) is 53.6 Å². The van der Waals surface area contributed by atoms with Gasteiger partial charge in [-0.2, -0.15) is 0 Å². The highest BCUT2D eigenvalue weighted by molar-refractivity contribution is 5.91. The number of alkyl carbamates (subject to hydrolysis) is 1. The van der Waals surface area contributed by atoms with Gasteiger partial charge in [0.15, 0.2) is 0 Å². The number of carbonyl (C=O) groups is 3. The quantitative estimate of drug-likeness (QED) is 0.431. The van der Waals surface area contributed by atoms with Gasteiger partial charge in [-0.1, -0.05) is 36.4 Å². The fraction of sp³-hybridized carbons (Fsp3) is 0.444. The summed E-state index contributed by atoms with van der Waals surface area (Å²) in [6.45, 7) is 4.41. The van der Waals surface area contributed by atoms with Crippen molar-refractivity contribution < 1.29 is 23.5 Å². The van der Waals surface area contributed by atoms with Gasteiger partial charge < -0.3 is 30.9 Å². The van der Waals surface area contributed by atoms with Crippen LogP contribution >= 0.6 is 0 Å². The molecule has 0 aromatic heterocycles. The molecular formula is C27H34FN5O4. The number of piperidine rings is 1. The number of carbonyl (C=O) groups excluding carboxylic acids is 3. The van der Waals surface area contributed by atoms with Crippen LogP contribution in [-0.2, 0) is 20.9 Å². The number of rotatable bonds is 8. The van der Waals surface area contributed by atoms with Gasteiger partial charge in [-0.3, -0.25) is 9.59 Å². The molecule has 37 heavy (non-hydrogen) atoms. The first kappa shape index (κ1) is 26.2. The number of fused-ring (bicyclic) bond motifs is 1. The molecule has 198 valence electrons. The Kier molecular flexibility index (Phi) is 8.47. The maximum Gasteiger partial charge on any atom is 0.408 e. The average Bonchev–Trinajstić information content (AvgIpc) is 3.34. The van der Waals surface area contributed by atoms with Crippen molar-refractivity contribution in [2.24, 2.45) is 0 Å². The molecule has 0 saturated carbocycles. The molecule has 0 bridgehead atoms. The molecule has 2 aliphatic heterocycles. The van der Waals surface area contributed by atoms with E-state index in [2.05, 4.69) is 21.3 Å². The second kappa shape index (κ2) is 11.9. The van der Waals surface area contributed by atoms with Gasteiger partial charge in [-0.05, 0) is 50.8 Å². The summed E-state index contributed by atoms with van der Waals surface area (Å²) >= 11 is 0. The fourth-order valence-electron chi connectivity index (χ4n) is 4.69. The lowest BCUT2D eigenvalue weighted by Gasteiger charge is -2.34. The SMILES string of the molecule is C[C@H](NC(=O)[C@H](CC(=O)N1CCCC[C@@H]1C)NC(=O)OCc1ccccc1)C1Nc2cccc(F)c2N1. The summed E-state index contributed by atoms with van der Waals surface area (Å²) in [5.41, 5.74) is 1.73. The van der Waals surface area contributed by atoms with Crippen molar-refractivity contribution in [1.82, 2.24) is 15.5 Å². The first-order valence-corrected chi connectivity index (χ1v) is 12.7. The minimum atomic E-state index is -1.13. The molecular weight excluding hydrogens is 477 g/mol. The maximum absolute atomic E-state index is 14.1. The molecule has 1 unspecified atom stereocenters. The molecule has 4 atom stereocenters. The van der Waals surface area contributed by atoms with E-state index in [0.717, 1.165) is 24.8 Å². The molecule has 2 aromatic carbocycles. The summed E-state index contributed by atoms with van der Waals surface area (Å²) < 4.78 is 19.4. The minimum absolute atomic E-state index is 0.0360. The number of nitrogens with zero attached hydrogens (tertiary/aromatic N) is 1. The van der Waals surface area contributed by atoms with E-state index in [1.54, 1.807) is 24.0 Å². The highest BCUT2D eigenvalue weighted by atomic mass is 19.1. The lowest BCUT2D eigenvalue weighted by Crippen LogP contribution is -2.55. The Hall–Kier alpha value is -3.82. The Morgan fingerprint density at radius 2 is 1.86 bits per heavy atom. The lowest BCUT2D eigenvalue weighted by atomic mass is 10.0. The molecule has 4 rings (SSSR count). The molecule has 4 N–H and O–H groups in total. The minimum Gasteiger partial charge on any atom is -0.445 e. The third-order valence-corrected chi connectivity index (χ3v) is 6.82. The Morgan fingerprint density at radius 3 is 2.59 bits per heavy atom. The monoisotopic (exact) mass is 511 g/mol. The van der Waals surface area contributed by atoms with Gasteiger partial charge in [0, 0.05) is 12.6 Å². The number of hydrogen-bond acceptors (Lipinski definition) is 6. The lowest BCUT2D eigenvalue weighted by molar-refractivity contribution is -0.137. The van der Waals surface area contributed by atoms with Crippen molar-refractivity contribution in [1.29, 1.82) is 0 Å². The molecule has 1 fully saturated rings. The van der Waals surface area contributed by atoms with Gasteiger partial charge in [-0.25, -0.2) is 9.18 Å². The molecule has 10 heteroatoms. The predicted octanol–water partition coefficient (Wildman–Crippen LogP) is 3.58. The molecule has 2 heterocycles. The third-order valence-electron chi connectivity index (χ3n) is 6.82. The van der Waals surface area contributed by atoms with E-state index in [4.69, 9.17) is 4.74 Å². The van der Waals surface area contributed by atoms with Crippen molar-refractivity contribution in [3.63, 3.8) is 0 Å². The number of para-hydroxylation sites is 1. The molecule has 0 spiro atoms. The van der Waals surface area contributed by atoms with Crippen LogP contribution in [0.25, 0.3) is 0 Å². The predicted molar refractivity (Wildman–Crippen MR) is 138 cm³/mol. The second-order valence-corrected chi connectivity index (χ2v) is 9.62. The summed E-state index contributed by atoms with van der Waals surface area (Å²) in [7, 11) is 0. The Morgan fingerprint density at radius 1 is 1.08 bits per heavy atom. The van der Waals surface area contributed by atoms with Crippen molar-refractivity contribution in [3.05, 3.63) is 59.9 Å². The summed E-state index contributed by atoms with van der Waals surface area (Å²) in [6, 6.07) is 12.3. The van der Waals surface area contributed by atoms with E-state index in [-0.39, 0.29) is 25.0 Å². The van der Waals surface area contributed by atoms with E-state index in [1.165, 1.54) is 6.07 Å². The molecule has 3 amide bonds. The summed E-state index contributed by atoms with van der Waals surface area (Å²) in [4.78, 5) is 40.7. The van der Waals surface area contributed by atoms with Gasteiger partial charge in [0.05, 0.1) is 23.8 Å². The standard InChI is InChI=1S/C27H34FN5O4/c1-17-9-6-7-14-33(17)23(34)15-22(31-27(36)37-16-19-10-4-3-5-11-19)26(35)29-18(2)25-30-21-13-8-12-20(28)24(21)32-25/h3-5,8,10-13,17-18,22,25,30,32H,6-7,9,14-16H2,1-2H3,(H,29,35)(H,31,36)/t17-,18-,22-,25?/m0/s1. The van der Waals surface area contributed by atoms with E-state index in [9.17, 15) is 18.8 Å². The highest BCUT2D eigenvalue weighted by Gasteiger charge is 2.33. The van der Waals surface area contributed by atoms with Crippen LogP contribution in [0.4, 0.5) is 20.6 Å². The first-order chi connectivity index (χ1) is 17.8. The summed E-state index contributed by atoms with van der Waals surface area (Å²) in [6.07, 6.45) is 1.42. The summed E-state index contributed by atoms with van der Waals surface area (Å²) in [5.74, 6) is -1.12. The van der Waals surface area contributed by atoms with Crippen molar-refractivity contribution >= 4 is 29.3 Å². The number of benzene rings is 2. The van der Waals surface area contributed by atoms with Crippen molar-refractivity contribution in [3.8, 4) is 0 Å². The molecule has 2 aromatic rings. The number of ether oxygens (including phenoxy) is 1. The second-order valence-electron chi connectivity index (χ2n) is 9.62. The Balaban J connectivity index is 1.40. The zero-order chi connectivity index (χ0) is 26.4. The Labute approximate surface area is 216 Å². The molecule has 2 aliphatic rings. The number of halogens is 1. The molecule has 9 nitrogen and oxygen atoms in total. The topological polar surface area (TPSA) is 112 Å². The van der Waals surface area contributed by atoms with E-state index in [1.807, 2.05) is 37.3 Å². The van der Waals surface area contributed by atoms with Gasteiger partial charge >= 0.3 is 6.09 Å². The normalized spacial score (nSPS) is 20.0. The Bertz CT molecular complexity index is 1120. The van der Waals surface area contributed by atoms with Crippen molar-refractivity contribution in [2.75, 3.05) is 17.2 Å². The van der Waals surface area contributed by atoms with Gasteiger partial charge in [0.1, 0.15) is 24.6 Å². The van der Waals surface area contributed by atoms with Crippen LogP contribution in [0.3, 0.4) is 0 Å². The number of hydrogen-bond donors (Lipinski definition) is 4. The van der Waals surface area contributed by atoms with Gasteiger partial charge in [0.2, 0.25) is 11.8 Å². The van der Waals surface area contributed by atoms with Crippen LogP contribution in [0, 0.1) is 5.82 Å². The maximum atomic E-state index is 14.1. The molecule has 0 radical (unpaired) electrons. The first-order valence-electron chi connectivity index (χ1n) is 12.7. The van der Waals surface area contributed by atoms with E-state index < -0.39 is 36.1 Å². The van der Waals surface area contributed by atoms with Crippen LogP contribution in [0.15, 0.2) is 48.5 Å². The van der Waals surface area contributed by atoms with E-state index in [0.29, 0.717) is 17.9 Å². The van der Waals surface area contributed by atoms with Crippen LogP contribution < -0.4 is 21.3 Å². The number of anilines is 2. The fourth-order valence-corrected chi connectivity index (χ4v) is 4.69. The zero-order valence-corrected chi connectivity index (χ0v) is 21.1. The van der Waals surface area contributed by atoms with Crippen LogP contribution in [0.2, 0.25) is 0 Å². The molecule has 0 aliphatic carbocycles. The zero-order valence-electron chi connectivity index (χ0n) is 21.1. The molecule has 1 saturated heterocycles. The van der Waals surface area contributed by atoms with Crippen LogP contribution in [0.1, 0.15) is 45.1 Å². The highest BCUT2D eigenvalue weighted by Crippen LogP contribution is 2.32. The number of amides is 3. The average molecular weight is 512 g/mol. The number of likely N-dealkylation sites (tertiary alicyclic amines) is 1. The third kappa shape index (κ3) is 6.69. The van der Waals surface area contributed by atoms with Crippen LogP contribution in [0.5, 0.6) is 0 Å². The number of nitrogens with one attached hydrogen (secondary N) is 4. The van der Waals surface area contributed by atoms with E-state index >= 15 is 0 Å². The summed E-state index contributed by atoms with van der Waals surface area (Å²) in [5, 5.41) is 11.6.